The van der Waals surface area contributed by atoms with Crippen LogP contribution < -0.4 is 14.6 Å². The average Bonchev–Trinajstić information content (AvgIpc) is 2.61. The zero-order valence-corrected chi connectivity index (χ0v) is 14.3. The van der Waals surface area contributed by atoms with Gasteiger partial charge in [0.2, 0.25) is 0 Å². The molecule has 1 aliphatic heterocycles. The van der Waals surface area contributed by atoms with Crippen LogP contribution in [0.5, 0.6) is 5.75 Å². The van der Waals surface area contributed by atoms with Crippen LogP contribution in [0.2, 0.25) is 0 Å². The van der Waals surface area contributed by atoms with Crippen molar-refractivity contribution >= 4 is 27.5 Å². The number of nitrogens with one attached hydrogen (secondary N) is 1. The Morgan fingerprint density at radius 3 is 2.57 bits per heavy atom. The molecule has 1 N–H and O–H groups in total. The maximum atomic E-state index is 12.3. The number of aromatic amines is 1. The zero-order chi connectivity index (χ0) is 16.1. The summed E-state index contributed by atoms with van der Waals surface area (Å²) in [7, 11) is 0. The van der Waals surface area contributed by atoms with Gasteiger partial charge in [-0.1, -0.05) is 22.0 Å². The predicted molar refractivity (Wildman–Crippen MR) is 91.4 cm³/mol. The number of hydrogen-bond donors (Lipinski definition) is 0. The fourth-order valence-electron chi connectivity index (χ4n) is 2.60. The van der Waals surface area contributed by atoms with Crippen molar-refractivity contribution in [1.82, 2.24) is 4.90 Å². The van der Waals surface area contributed by atoms with Crippen molar-refractivity contribution < 1.29 is 14.5 Å². The van der Waals surface area contributed by atoms with Gasteiger partial charge >= 0.3 is 0 Å². The molecule has 6 heteroatoms. The number of aromatic nitrogens is 1. The molecular weight excluding hydrogens is 358 g/mol. The first-order valence-corrected chi connectivity index (χ1v) is 8.39. The number of halogens is 1. The molecule has 1 amide bonds. The van der Waals surface area contributed by atoms with Crippen LogP contribution in [-0.4, -0.2) is 43.6 Å². The molecule has 0 bridgehead atoms. The second-order valence-electron chi connectivity index (χ2n) is 5.37. The number of amides is 1. The average molecular weight is 377 g/mol. The third kappa shape index (κ3) is 4.22. The largest absolute Gasteiger partial charge is 0.484 e. The predicted octanol–water partition coefficient (Wildman–Crippen LogP) is 1.99. The van der Waals surface area contributed by atoms with Crippen LogP contribution >= 0.6 is 15.9 Å². The van der Waals surface area contributed by atoms with Gasteiger partial charge in [-0.05, 0) is 18.2 Å². The number of nitrogens with zero attached hydrogens (tertiary/aromatic N) is 2. The first-order valence-electron chi connectivity index (χ1n) is 7.59. The van der Waals surface area contributed by atoms with E-state index in [1.807, 2.05) is 53.7 Å². The lowest BCUT2D eigenvalue weighted by atomic mass is 10.2. The van der Waals surface area contributed by atoms with Crippen molar-refractivity contribution in [3.05, 3.63) is 53.3 Å². The van der Waals surface area contributed by atoms with Crippen LogP contribution in [0.3, 0.4) is 0 Å². The number of rotatable bonds is 4. The highest BCUT2D eigenvalue weighted by atomic mass is 79.9. The van der Waals surface area contributed by atoms with Gasteiger partial charge in [0, 0.05) is 48.5 Å². The van der Waals surface area contributed by atoms with E-state index in [-0.39, 0.29) is 12.5 Å². The second kappa shape index (κ2) is 7.46. The topological polar surface area (TPSA) is 46.9 Å². The summed E-state index contributed by atoms with van der Waals surface area (Å²) >= 11 is 3.39. The molecule has 1 saturated heterocycles. The summed E-state index contributed by atoms with van der Waals surface area (Å²) < 4.78 is 6.52. The minimum Gasteiger partial charge on any atom is -0.484 e. The van der Waals surface area contributed by atoms with Crippen molar-refractivity contribution in [3.63, 3.8) is 0 Å². The fraction of sp³-hybridized carbons (Fsp3) is 0.294. The number of ether oxygens (including phenoxy) is 1. The van der Waals surface area contributed by atoms with E-state index in [2.05, 4.69) is 25.8 Å². The number of pyridine rings is 1. The van der Waals surface area contributed by atoms with Crippen molar-refractivity contribution in [2.75, 3.05) is 37.7 Å². The molecule has 1 aromatic heterocycles. The Labute approximate surface area is 144 Å². The Morgan fingerprint density at radius 2 is 1.87 bits per heavy atom. The van der Waals surface area contributed by atoms with E-state index >= 15 is 0 Å². The fourth-order valence-corrected chi connectivity index (χ4v) is 2.97. The molecule has 23 heavy (non-hydrogen) atoms. The van der Waals surface area contributed by atoms with Gasteiger partial charge in [0.25, 0.3) is 5.91 Å². The number of hydrogen-bond acceptors (Lipinski definition) is 3. The zero-order valence-electron chi connectivity index (χ0n) is 12.7. The Morgan fingerprint density at radius 1 is 1.13 bits per heavy atom. The highest BCUT2D eigenvalue weighted by molar-refractivity contribution is 9.10. The number of carbonyl (C=O) groups is 1. The molecule has 5 nitrogen and oxygen atoms in total. The van der Waals surface area contributed by atoms with Gasteiger partial charge in [0.05, 0.1) is 0 Å². The van der Waals surface area contributed by atoms with E-state index in [0.717, 1.165) is 30.7 Å². The molecule has 0 aliphatic carbocycles. The first kappa shape index (κ1) is 15.8. The SMILES string of the molecule is O=C(COc1cccc(Br)c1)N1CCN(c2cc[nH+]cc2)CC1. The van der Waals surface area contributed by atoms with Gasteiger partial charge in [-0.25, -0.2) is 4.98 Å². The number of piperazine rings is 1. The normalized spacial score (nSPS) is 14.7. The van der Waals surface area contributed by atoms with Crippen molar-refractivity contribution in [2.45, 2.75) is 0 Å². The Bertz CT molecular complexity index is 658. The van der Waals surface area contributed by atoms with Crippen LogP contribution in [-0.2, 0) is 4.79 Å². The monoisotopic (exact) mass is 376 g/mol. The van der Waals surface area contributed by atoms with E-state index in [9.17, 15) is 4.79 Å². The third-order valence-corrected chi connectivity index (χ3v) is 4.35. The van der Waals surface area contributed by atoms with Gasteiger partial charge in [-0.15, -0.1) is 0 Å². The third-order valence-electron chi connectivity index (χ3n) is 3.86. The summed E-state index contributed by atoms with van der Waals surface area (Å²) in [5, 5.41) is 0. The molecule has 0 atom stereocenters. The van der Waals surface area contributed by atoms with E-state index in [4.69, 9.17) is 4.74 Å². The minimum absolute atomic E-state index is 0.0334. The lowest BCUT2D eigenvalue weighted by Gasteiger charge is -2.35. The van der Waals surface area contributed by atoms with E-state index < -0.39 is 0 Å². The number of anilines is 1. The first-order chi connectivity index (χ1) is 11.2. The smallest absolute Gasteiger partial charge is 0.260 e. The molecular formula is C17H19BrN3O2+. The molecule has 3 rings (SSSR count). The van der Waals surface area contributed by atoms with Crippen LogP contribution in [0, 0.1) is 0 Å². The summed E-state index contributed by atoms with van der Waals surface area (Å²) in [6, 6.07) is 11.6. The van der Waals surface area contributed by atoms with Gasteiger partial charge in [0.15, 0.2) is 19.0 Å². The lowest BCUT2D eigenvalue weighted by Crippen LogP contribution is -2.50. The van der Waals surface area contributed by atoms with Gasteiger partial charge < -0.3 is 14.5 Å². The molecule has 120 valence electrons. The molecule has 2 heterocycles. The van der Waals surface area contributed by atoms with Crippen LogP contribution in [0.25, 0.3) is 0 Å². The van der Waals surface area contributed by atoms with E-state index in [0.29, 0.717) is 5.75 Å². The summed E-state index contributed by atoms with van der Waals surface area (Å²) in [6.45, 7) is 3.20. The second-order valence-corrected chi connectivity index (χ2v) is 6.29. The minimum atomic E-state index is 0.0334. The molecule has 2 aromatic rings. The molecule has 0 unspecified atom stereocenters. The highest BCUT2D eigenvalue weighted by Gasteiger charge is 2.21. The highest BCUT2D eigenvalue weighted by Crippen LogP contribution is 2.18. The maximum Gasteiger partial charge on any atom is 0.260 e. The van der Waals surface area contributed by atoms with Crippen LogP contribution in [0.4, 0.5) is 5.69 Å². The molecule has 0 saturated carbocycles. The van der Waals surface area contributed by atoms with Gasteiger partial charge in [-0.3, -0.25) is 4.79 Å². The quantitative estimate of drug-likeness (QED) is 0.819. The van der Waals surface area contributed by atoms with Gasteiger partial charge in [0.1, 0.15) is 5.75 Å². The number of benzene rings is 1. The van der Waals surface area contributed by atoms with Gasteiger partial charge in [-0.2, -0.15) is 0 Å². The van der Waals surface area contributed by atoms with Crippen LogP contribution in [0.15, 0.2) is 53.3 Å². The number of carbonyl (C=O) groups excluding carboxylic acids is 1. The molecule has 0 spiro atoms. The number of H-pyrrole nitrogens is 1. The summed E-state index contributed by atoms with van der Waals surface area (Å²) in [6.07, 6.45) is 3.83. The summed E-state index contributed by atoms with van der Waals surface area (Å²) in [5.41, 5.74) is 1.18. The molecule has 1 fully saturated rings. The Balaban J connectivity index is 1.48. The van der Waals surface area contributed by atoms with Crippen molar-refractivity contribution in [3.8, 4) is 5.75 Å². The van der Waals surface area contributed by atoms with Crippen molar-refractivity contribution in [1.29, 1.82) is 0 Å². The van der Waals surface area contributed by atoms with E-state index in [1.165, 1.54) is 5.69 Å². The Kier molecular flexibility index (Phi) is 5.12. The standard InChI is InChI=1S/C17H18BrN3O2/c18-14-2-1-3-16(12-14)23-13-17(22)21-10-8-20(9-11-21)15-4-6-19-7-5-15/h1-7,12H,8-11,13H2/p+1. The van der Waals surface area contributed by atoms with Crippen molar-refractivity contribution in [2.24, 2.45) is 0 Å². The molecule has 1 aliphatic rings. The van der Waals surface area contributed by atoms with Crippen LogP contribution in [0.1, 0.15) is 0 Å². The molecule has 1 aromatic carbocycles. The lowest BCUT2D eigenvalue weighted by molar-refractivity contribution is -0.377. The Hall–Kier alpha value is -2.08. The van der Waals surface area contributed by atoms with E-state index in [1.54, 1.807) is 0 Å². The maximum absolute atomic E-state index is 12.3. The molecule has 0 radical (unpaired) electrons. The summed E-state index contributed by atoms with van der Waals surface area (Å²) in [5.74, 6) is 0.734. The summed E-state index contributed by atoms with van der Waals surface area (Å²) in [4.78, 5) is 19.4.